The quantitative estimate of drug-likeness (QED) is 0.769. The summed E-state index contributed by atoms with van der Waals surface area (Å²) in [6.07, 6.45) is 5.48. The van der Waals surface area contributed by atoms with Crippen LogP contribution < -0.4 is 0 Å². The minimum atomic E-state index is -0.825. The number of carboxylic acids is 1. The van der Waals surface area contributed by atoms with Gasteiger partial charge in [-0.1, -0.05) is 24.6 Å². The highest BCUT2D eigenvalue weighted by molar-refractivity contribution is 7.99. The Bertz CT molecular complexity index is 376. The summed E-state index contributed by atoms with van der Waals surface area (Å²) in [5.41, 5.74) is 0. The second-order valence-electron chi connectivity index (χ2n) is 4.23. The van der Waals surface area contributed by atoms with Crippen molar-refractivity contribution >= 4 is 17.7 Å². The summed E-state index contributed by atoms with van der Waals surface area (Å²) in [5, 5.41) is 17.1. The van der Waals surface area contributed by atoms with Crippen LogP contribution >= 0.6 is 11.8 Å². The Morgan fingerprint density at radius 1 is 1.75 bits per heavy atom. The molecule has 0 bridgehead atoms. The monoisotopic (exact) mass is 241 g/mol. The van der Waals surface area contributed by atoms with Crippen molar-refractivity contribution in [1.82, 2.24) is 14.8 Å². The molecule has 1 aliphatic rings. The number of thioether (sulfide) groups is 1. The zero-order chi connectivity index (χ0) is 11.5. The molecule has 1 heterocycles. The van der Waals surface area contributed by atoms with Crippen LogP contribution in [0.15, 0.2) is 11.5 Å². The van der Waals surface area contributed by atoms with Crippen LogP contribution in [0.2, 0.25) is 0 Å². The van der Waals surface area contributed by atoms with E-state index in [-0.39, 0.29) is 5.75 Å². The third-order valence-electron chi connectivity index (χ3n) is 2.71. The maximum atomic E-state index is 10.5. The molecule has 0 aliphatic heterocycles. The molecule has 0 spiro atoms. The van der Waals surface area contributed by atoms with Crippen LogP contribution in [0, 0.1) is 5.92 Å². The third kappa shape index (κ3) is 2.98. The second kappa shape index (κ2) is 4.86. The average Bonchev–Trinajstić information content (AvgIpc) is 2.91. The van der Waals surface area contributed by atoms with Crippen LogP contribution in [0.5, 0.6) is 0 Å². The summed E-state index contributed by atoms with van der Waals surface area (Å²) in [4.78, 5) is 10.5. The third-order valence-corrected chi connectivity index (χ3v) is 3.65. The van der Waals surface area contributed by atoms with Crippen molar-refractivity contribution in [2.24, 2.45) is 5.92 Å². The molecular formula is C10H15N3O2S. The Labute approximate surface area is 98.3 Å². The van der Waals surface area contributed by atoms with Gasteiger partial charge < -0.3 is 9.67 Å². The van der Waals surface area contributed by atoms with Crippen molar-refractivity contribution in [2.75, 3.05) is 5.75 Å². The fraction of sp³-hybridized carbons (Fsp3) is 0.700. The smallest absolute Gasteiger partial charge is 0.313 e. The first-order valence-corrected chi connectivity index (χ1v) is 6.39. The Morgan fingerprint density at radius 2 is 2.50 bits per heavy atom. The minimum Gasteiger partial charge on any atom is -0.481 e. The van der Waals surface area contributed by atoms with E-state index in [1.165, 1.54) is 24.6 Å². The number of nitrogens with zero attached hydrogens (tertiary/aromatic N) is 3. The van der Waals surface area contributed by atoms with Crippen molar-refractivity contribution in [3.63, 3.8) is 0 Å². The molecule has 0 radical (unpaired) electrons. The van der Waals surface area contributed by atoms with E-state index in [0.29, 0.717) is 11.2 Å². The lowest BCUT2D eigenvalue weighted by Crippen LogP contribution is -2.08. The van der Waals surface area contributed by atoms with Crippen molar-refractivity contribution in [2.45, 2.75) is 37.4 Å². The fourth-order valence-electron chi connectivity index (χ4n) is 1.71. The van der Waals surface area contributed by atoms with Gasteiger partial charge >= 0.3 is 5.97 Å². The van der Waals surface area contributed by atoms with Gasteiger partial charge in [0.15, 0.2) is 5.16 Å². The van der Waals surface area contributed by atoms with E-state index in [9.17, 15) is 4.79 Å². The molecule has 1 atom stereocenters. The normalized spacial score (nSPS) is 17.3. The first-order valence-electron chi connectivity index (χ1n) is 5.41. The molecule has 6 heteroatoms. The molecule has 1 saturated carbocycles. The van der Waals surface area contributed by atoms with Gasteiger partial charge in [0.25, 0.3) is 0 Å². The van der Waals surface area contributed by atoms with Crippen LogP contribution in [-0.4, -0.2) is 31.6 Å². The number of hydrogen-bond acceptors (Lipinski definition) is 4. The Hall–Kier alpha value is -1.04. The molecule has 88 valence electrons. The fourth-order valence-corrected chi connectivity index (χ4v) is 2.45. The van der Waals surface area contributed by atoms with Gasteiger partial charge in [-0.3, -0.25) is 4.79 Å². The summed E-state index contributed by atoms with van der Waals surface area (Å²) < 4.78 is 1.98. The van der Waals surface area contributed by atoms with E-state index in [1.807, 2.05) is 4.57 Å². The Morgan fingerprint density at radius 3 is 3.12 bits per heavy atom. The van der Waals surface area contributed by atoms with Crippen LogP contribution in [0.4, 0.5) is 0 Å². The molecule has 0 aromatic carbocycles. The lowest BCUT2D eigenvalue weighted by molar-refractivity contribution is -0.133. The number of carboxylic acid groups (broad SMARTS) is 1. The largest absolute Gasteiger partial charge is 0.481 e. The van der Waals surface area contributed by atoms with Gasteiger partial charge in [-0.15, -0.1) is 10.2 Å². The van der Waals surface area contributed by atoms with E-state index in [2.05, 4.69) is 17.1 Å². The number of aliphatic carboxylic acids is 1. The second-order valence-corrected chi connectivity index (χ2v) is 5.17. The highest BCUT2D eigenvalue weighted by Gasteiger charge is 2.25. The number of carbonyl (C=O) groups is 1. The van der Waals surface area contributed by atoms with Gasteiger partial charge in [-0.2, -0.15) is 0 Å². The van der Waals surface area contributed by atoms with Crippen LogP contribution in [0.3, 0.4) is 0 Å². The van der Waals surface area contributed by atoms with Gasteiger partial charge in [0.2, 0.25) is 0 Å². The lowest BCUT2D eigenvalue weighted by atomic mass is 10.2. The van der Waals surface area contributed by atoms with Gasteiger partial charge in [-0.05, 0) is 19.3 Å². The molecule has 1 N–H and O–H groups in total. The van der Waals surface area contributed by atoms with Crippen molar-refractivity contribution in [3.8, 4) is 0 Å². The molecule has 1 fully saturated rings. The molecule has 0 saturated heterocycles. The van der Waals surface area contributed by atoms with E-state index in [0.717, 1.165) is 12.3 Å². The number of aromatic nitrogens is 3. The first-order chi connectivity index (χ1) is 7.66. The van der Waals surface area contributed by atoms with E-state index >= 15 is 0 Å². The first kappa shape index (κ1) is 11.4. The van der Waals surface area contributed by atoms with Crippen LogP contribution in [0.1, 0.15) is 32.2 Å². The summed E-state index contributed by atoms with van der Waals surface area (Å²) in [7, 11) is 0. The topological polar surface area (TPSA) is 68.0 Å². The predicted molar refractivity (Wildman–Crippen MR) is 60.4 cm³/mol. The van der Waals surface area contributed by atoms with Crippen molar-refractivity contribution < 1.29 is 9.90 Å². The standard InChI is InChI=1S/C10H15N3O2S/c1-7(4-8-2-3-8)13-6-11-12-10(13)16-5-9(14)15/h6-8H,2-5H2,1H3,(H,14,15). The van der Waals surface area contributed by atoms with Crippen LogP contribution in [-0.2, 0) is 4.79 Å². The molecule has 1 unspecified atom stereocenters. The lowest BCUT2D eigenvalue weighted by Gasteiger charge is -2.13. The highest BCUT2D eigenvalue weighted by atomic mass is 32.2. The summed E-state index contributed by atoms with van der Waals surface area (Å²) >= 11 is 1.23. The van der Waals surface area contributed by atoms with Gasteiger partial charge in [0.1, 0.15) is 6.33 Å². The summed E-state index contributed by atoms with van der Waals surface area (Å²) in [5.74, 6) is 0.0543. The number of rotatable bonds is 6. The molecule has 5 nitrogen and oxygen atoms in total. The molecular weight excluding hydrogens is 226 g/mol. The van der Waals surface area contributed by atoms with Crippen LogP contribution in [0.25, 0.3) is 0 Å². The molecule has 1 aliphatic carbocycles. The summed E-state index contributed by atoms with van der Waals surface area (Å²) in [6, 6.07) is 0.360. The molecule has 16 heavy (non-hydrogen) atoms. The summed E-state index contributed by atoms with van der Waals surface area (Å²) in [6.45, 7) is 2.13. The zero-order valence-electron chi connectivity index (χ0n) is 9.17. The Kier molecular flexibility index (Phi) is 3.48. The minimum absolute atomic E-state index is 0.0365. The van der Waals surface area contributed by atoms with E-state index < -0.39 is 5.97 Å². The van der Waals surface area contributed by atoms with Gasteiger partial charge in [0.05, 0.1) is 5.75 Å². The maximum absolute atomic E-state index is 10.5. The Balaban J connectivity index is 1.96. The van der Waals surface area contributed by atoms with Crippen molar-refractivity contribution in [1.29, 1.82) is 0 Å². The predicted octanol–water partition coefficient (Wildman–Crippen LogP) is 1.82. The van der Waals surface area contributed by atoms with E-state index in [4.69, 9.17) is 5.11 Å². The van der Waals surface area contributed by atoms with Gasteiger partial charge in [0, 0.05) is 6.04 Å². The van der Waals surface area contributed by atoms with E-state index in [1.54, 1.807) is 6.33 Å². The maximum Gasteiger partial charge on any atom is 0.313 e. The highest BCUT2D eigenvalue weighted by Crippen LogP contribution is 2.37. The number of hydrogen-bond donors (Lipinski definition) is 1. The van der Waals surface area contributed by atoms with Gasteiger partial charge in [-0.25, -0.2) is 0 Å². The molecule has 1 aromatic heterocycles. The van der Waals surface area contributed by atoms with Crippen molar-refractivity contribution in [3.05, 3.63) is 6.33 Å². The zero-order valence-corrected chi connectivity index (χ0v) is 9.98. The average molecular weight is 241 g/mol. The molecule has 1 aromatic rings. The molecule has 0 amide bonds. The molecule has 2 rings (SSSR count). The SMILES string of the molecule is CC(CC1CC1)n1cnnc1SCC(=O)O.